The van der Waals surface area contributed by atoms with E-state index < -0.39 is 5.97 Å². The lowest BCUT2D eigenvalue weighted by Gasteiger charge is -2.22. The molecule has 6 nitrogen and oxygen atoms in total. The van der Waals surface area contributed by atoms with Crippen LogP contribution in [-0.4, -0.2) is 47.3 Å². The Hall–Kier alpha value is -2.21. The molecule has 2 N–H and O–H groups in total. The van der Waals surface area contributed by atoms with Crippen molar-refractivity contribution in [1.29, 1.82) is 0 Å². The van der Waals surface area contributed by atoms with E-state index in [0.29, 0.717) is 0 Å². The van der Waals surface area contributed by atoms with E-state index in [1.54, 1.807) is 0 Å². The number of aliphatic carboxylic acids is 1. The van der Waals surface area contributed by atoms with Crippen LogP contribution in [0.3, 0.4) is 0 Å². The summed E-state index contributed by atoms with van der Waals surface area (Å²) in [5.74, 6) is -1.10. The number of para-hydroxylation sites is 1. The fourth-order valence-corrected chi connectivity index (χ4v) is 2.75. The third-order valence-corrected chi connectivity index (χ3v) is 3.81. The van der Waals surface area contributed by atoms with Gasteiger partial charge in [0.15, 0.2) is 0 Å². The first-order valence-electron chi connectivity index (χ1n) is 8.48. The summed E-state index contributed by atoms with van der Waals surface area (Å²) in [5, 5.41) is 11.9. The van der Waals surface area contributed by atoms with E-state index >= 15 is 0 Å². The number of amides is 1. The van der Waals surface area contributed by atoms with Gasteiger partial charge in [0, 0.05) is 5.69 Å². The average Bonchev–Trinajstić information content (AvgIpc) is 2.45. The van der Waals surface area contributed by atoms with Gasteiger partial charge in [-0.1, -0.05) is 45.9 Å². The molecule has 1 amide bonds. The minimum absolute atomic E-state index is 0.0669. The van der Waals surface area contributed by atoms with Gasteiger partial charge in [-0.2, -0.15) is 0 Å². The Kier molecular flexibility index (Phi) is 7.77. The number of carbonyl (C=O) groups excluding carboxylic acids is 2. The molecular weight excluding hydrogens is 320 g/mol. The molecule has 0 unspecified atom stereocenters. The quantitative estimate of drug-likeness (QED) is 0.716. The summed E-state index contributed by atoms with van der Waals surface area (Å²) in [7, 11) is 0. The van der Waals surface area contributed by atoms with E-state index in [2.05, 4.69) is 33.0 Å². The number of nitrogens with zero attached hydrogens (tertiary/aromatic N) is 1. The van der Waals surface area contributed by atoms with Gasteiger partial charge in [-0.15, -0.1) is 0 Å². The Balaban J connectivity index is 3.01. The summed E-state index contributed by atoms with van der Waals surface area (Å²) in [5.41, 5.74) is 2.86. The lowest BCUT2D eigenvalue weighted by Crippen LogP contribution is -2.39. The molecule has 1 aromatic rings. The zero-order valence-corrected chi connectivity index (χ0v) is 15.6. The van der Waals surface area contributed by atoms with E-state index in [0.717, 1.165) is 16.8 Å². The Labute approximate surface area is 149 Å². The molecule has 1 rings (SSSR count). The highest BCUT2D eigenvalue weighted by Crippen LogP contribution is 2.32. The smallest absolute Gasteiger partial charge is 0.317 e. The van der Waals surface area contributed by atoms with Gasteiger partial charge in [-0.05, 0) is 29.9 Å². The SMILES string of the molecule is CC(=O)CN(CC(=O)O)CC(=O)Nc1c(C(C)C)cccc1C(C)C. The van der Waals surface area contributed by atoms with Crippen molar-refractivity contribution in [2.45, 2.75) is 46.5 Å². The second kappa shape index (κ2) is 9.32. The van der Waals surface area contributed by atoms with Crippen molar-refractivity contribution in [2.24, 2.45) is 0 Å². The highest BCUT2D eigenvalue weighted by Gasteiger charge is 2.19. The van der Waals surface area contributed by atoms with Crippen LogP contribution in [0, 0.1) is 0 Å². The van der Waals surface area contributed by atoms with E-state index in [1.807, 2.05) is 18.2 Å². The van der Waals surface area contributed by atoms with Crippen molar-refractivity contribution in [3.63, 3.8) is 0 Å². The second-order valence-electron chi connectivity index (χ2n) is 6.91. The number of anilines is 1. The molecule has 1 aromatic carbocycles. The van der Waals surface area contributed by atoms with Crippen LogP contribution >= 0.6 is 0 Å². The molecule has 0 spiro atoms. The number of carboxylic acid groups (broad SMARTS) is 1. The minimum atomic E-state index is -1.07. The van der Waals surface area contributed by atoms with E-state index in [-0.39, 0.29) is 43.2 Å². The Morgan fingerprint density at radius 2 is 1.52 bits per heavy atom. The molecule has 0 radical (unpaired) electrons. The number of hydrogen-bond donors (Lipinski definition) is 2. The van der Waals surface area contributed by atoms with Crippen molar-refractivity contribution in [1.82, 2.24) is 4.90 Å². The molecule has 6 heteroatoms. The standard InChI is InChI=1S/C19H28N2O4/c1-12(2)15-7-6-8-16(13(3)4)19(15)20-17(23)10-21(9-14(5)22)11-18(24)25/h6-8,12-13H,9-11H2,1-5H3,(H,20,23)(H,24,25). The van der Waals surface area contributed by atoms with Gasteiger partial charge in [-0.3, -0.25) is 19.3 Å². The predicted octanol–water partition coefficient (Wildman–Crippen LogP) is 2.85. The third kappa shape index (κ3) is 6.66. The van der Waals surface area contributed by atoms with Gasteiger partial charge < -0.3 is 10.4 Å². The lowest BCUT2D eigenvalue weighted by molar-refractivity contribution is -0.138. The number of ketones is 1. The summed E-state index contributed by atoms with van der Waals surface area (Å²) >= 11 is 0. The van der Waals surface area contributed by atoms with Crippen molar-refractivity contribution in [3.8, 4) is 0 Å². The largest absolute Gasteiger partial charge is 0.480 e. The van der Waals surface area contributed by atoms with E-state index in [4.69, 9.17) is 5.11 Å². The number of carboxylic acids is 1. The van der Waals surface area contributed by atoms with Crippen molar-refractivity contribution < 1.29 is 19.5 Å². The highest BCUT2D eigenvalue weighted by atomic mass is 16.4. The normalized spacial score (nSPS) is 11.2. The first-order chi connectivity index (χ1) is 11.6. The summed E-state index contributed by atoms with van der Waals surface area (Å²) in [6.07, 6.45) is 0. The van der Waals surface area contributed by atoms with Crippen molar-refractivity contribution >= 4 is 23.3 Å². The third-order valence-electron chi connectivity index (χ3n) is 3.81. The summed E-state index contributed by atoms with van der Waals surface area (Å²) < 4.78 is 0. The van der Waals surface area contributed by atoms with Gasteiger partial charge in [-0.25, -0.2) is 0 Å². The van der Waals surface area contributed by atoms with Crippen molar-refractivity contribution in [3.05, 3.63) is 29.3 Å². The van der Waals surface area contributed by atoms with Crippen LogP contribution in [0.15, 0.2) is 18.2 Å². The monoisotopic (exact) mass is 348 g/mol. The first-order valence-corrected chi connectivity index (χ1v) is 8.48. The summed E-state index contributed by atoms with van der Waals surface area (Å²) in [6.45, 7) is 9.04. The molecule has 0 aliphatic rings. The van der Waals surface area contributed by atoms with Crippen LogP contribution in [0.5, 0.6) is 0 Å². The van der Waals surface area contributed by atoms with Crippen molar-refractivity contribution in [2.75, 3.05) is 25.0 Å². The molecule has 0 atom stereocenters. The predicted molar refractivity (Wildman–Crippen MR) is 98.0 cm³/mol. The maximum absolute atomic E-state index is 12.5. The maximum atomic E-state index is 12.5. The number of rotatable bonds is 9. The molecule has 0 fully saturated rings. The molecule has 0 heterocycles. The van der Waals surface area contributed by atoms with Gasteiger partial charge in [0.05, 0.1) is 19.6 Å². The summed E-state index contributed by atoms with van der Waals surface area (Å²) in [4.78, 5) is 36.0. The molecule has 0 saturated carbocycles. The molecule has 0 bridgehead atoms. The maximum Gasteiger partial charge on any atom is 0.317 e. The highest BCUT2D eigenvalue weighted by molar-refractivity contribution is 5.94. The zero-order valence-electron chi connectivity index (χ0n) is 15.6. The van der Waals surface area contributed by atoms with Gasteiger partial charge >= 0.3 is 5.97 Å². The van der Waals surface area contributed by atoms with E-state index in [1.165, 1.54) is 11.8 Å². The van der Waals surface area contributed by atoms with Crippen LogP contribution in [0.4, 0.5) is 5.69 Å². The number of benzene rings is 1. The molecule has 0 aliphatic carbocycles. The van der Waals surface area contributed by atoms with E-state index in [9.17, 15) is 14.4 Å². The Morgan fingerprint density at radius 3 is 1.92 bits per heavy atom. The van der Waals surface area contributed by atoms with Gasteiger partial charge in [0.1, 0.15) is 5.78 Å². The number of hydrogen-bond acceptors (Lipinski definition) is 4. The molecule has 138 valence electrons. The van der Waals surface area contributed by atoms with Crippen LogP contribution in [0.1, 0.15) is 57.6 Å². The fraction of sp³-hybridized carbons (Fsp3) is 0.526. The number of nitrogens with one attached hydrogen (secondary N) is 1. The molecule has 0 aliphatic heterocycles. The van der Waals surface area contributed by atoms with Crippen LogP contribution in [-0.2, 0) is 14.4 Å². The van der Waals surface area contributed by atoms with Crippen LogP contribution in [0.2, 0.25) is 0 Å². The number of Topliss-reactive ketones (excluding diaryl/α,β-unsaturated/α-hetero) is 1. The topological polar surface area (TPSA) is 86.7 Å². The van der Waals surface area contributed by atoms with Crippen LogP contribution in [0.25, 0.3) is 0 Å². The minimum Gasteiger partial charge on any atom is -0.480 e. The van der Waals surface area contributed by atoms with Gasteiger partial charge in [0.2, 0.25) is 5.91 Å². The first kappa shape index (κ1) is 20.8. The Bertz CT molecular complexity index is 596. The second-order valence-corrected chi connectivity index (χ2v) is 6.91. The number of carbonyl (C=O) groups is 3. The molecule has 0 saturated heterocycles. The van der Waals surface area contributed by atoms with Gasteiger partial charge in [0.25, 0.3) is 0 Å². The lowest BCUT2D eigenvalue weighted by atomic mass is 9.92. The summed E-state index contributed by atoms with van der Waals surface area (Å²) in [6, 6.07) is 5.94. The van der Waals surface area contributed by atoms with Crippen LogP contribution < -0.4 is 5.32 Å². The molecular formula is C19H28N2O4. The average molecular weight is 348 g/mol. The fourth-order valence-electron chi connectivity index (χ4n) is 2.75. The Morgan fingerprint density at radius 1 is 1.00 bits per heavy atom. The zero-order chi connectivity index (χ0) is 19.1. The molecule has 25 heavy (non-hydrogen) atoms. The molecule has 0 aromatic heterocycles.